The molecule has 0 heterocycles. The third-order valence-corrected chi connectivity index (χ3v) is 3.02. The molecule has 16 heavy (non-hydrogen) atoms. The third kappa shape index (κ3) is 3.20. The van der Waals surface area contributed by atoms with E-state index in [1.54, 1.807) is 0 Å². The quantitative estimate of drug-likeness (QED) is 0.703. The van der Waals surface area contributed by atoms with Gasteiger partial charge in [-0.15, -0.1) is 0 Å². The lowest BCUT2D eigenvalue weighted by Crippen LogP contribution is -2.55. The van der Waals surface area contributed by atoms with Crippen molar-refractivity contribution >= 4 is 11.9 Å². The van der Waals surface area contributed by atoms with Gasteiger partial charge >= 0.3 is 5.97 Å². The van der Waals surface area contributed by atoms with E-state index in [1.165, 1.54) is 7.11 Å². The average molecular weight is 229 g/mol. The molecule has 0 aliphatic heterocycles. The minimum atomic E-state index is -1.08. The maximum atomic E-state index is 11.4. The monoisotopic (exact) mass is 229 g/mol. The number of carboxylic acids is 1. The lowest BCUT2D eigenvalue weighted by atomic mass is 9.90. The van der Waals surface area contributed by atoms with Crippen molar-refractivity contribution in [2.45, 2.75) is 44.1 Å². The Balaban J connectivity index is 2.70. The van der Waals surface area contributed by atoms with Crippen molar-refractivity contribution in [3.8, 4) is 0 Å². The number of carbonyl (C=O) groups is 2. The summed E-state index contributed by atoms with van der Waals surface area (Å²) in [5, 5.41) is 11.9. The van der Waals surface area contributed by atoms with E-state index in [0.29, 0.717) is 12.8 Å². The van der Waals surface area contributed by atoms with Crippen LogP contribution < -0.4 is 5.32 Å². The van der Waals surface area contributed by atoms with Gasteiger partial charge < -0.3 is 15.2 Å². The smallest absolute Gasteiger partial charge is 0.329 e. The molecule has 1 fully saturated rings. The topological polar surface area (TPSA) is 75.6 Å². The summed E-state index contributed by atoms with van der Waals surface area (Å²) in [6.07, 6.45) is 4.79. The normalized spacial score (nSPS) is 19.8. The summed E-state index contributed by atoms with van der Waals surface area (Å²) >= 11 is 0. The van der Waals surface area contributed by atoms with Crippen molar-refractivity contribution in [3.05, 3.63) is 0 Å². The van der Waals surface area contributed by atoms with Gasteiger partial charge in [0, 0.05) is 7.11 Å². The van der Waals surface area contributed by atoms with Crippen molar-refractivity contribution < 1.29 is 19.4 Å². The number of carboxylic acid groups (broad SMARTS) is 1. The molecule has 1 aliphatic carbocycles. The Bertz CT molecular complexity index is 257. The minimum Gasteiger partial charge on any atom is -0.480 e. The van der Waals surface area contributed by atoms with Gasteiger partial charge in [-0.05, 0) is 12.8 Å². The van der Waals surface area contributed by atoms with Crippen LogP contribution in [-0.2, 0) is 14.3 Å². The highest BCUT2D eigenvalue weighted by Gasteiger charge is 2.39. The number of nitrogens with one attached hydrogen (secondary N) is 1. The van der Waals surface area contributed by atoms with E-state index in [1.807, 2.05) is 0 Å². The molecular weight excluding hydrogens is 210 g/mol. The predicted molar refractivity (Wildman–Crippen MR) is 58.1 cm³/mol. The van der Waals surface area contributed by atoms with Crippen LogP contribution in [0.15, 0.2) is 0 Å². The minimum absolute atomic E-state index is 0.0883. The van der Waals surface area contributed by atoms with Gasteiger partial charge in [0.15, 0.2) is 0 Å². The lowest BCUT2D eigenvalue weighted by Gasteiger charge is -2.29. The SMILES string of the molecule is COCC(=O)NC1(C(=O)O)CCCCCC1. The summed E-state index contributed by atoms with van der Waals surface area (Å²) in [6.45, 7) is -0.0883. The molecule has 5 nitrogen and oxygen atoms in total. The molecule has 1 aliphatic rings. The highest BCUT2D eigenvalue weighted by atomic mass is 16.5. The van der Waals surface area contributed by atoms with E-state index in [9.17, 15) is 14.7 Å². The summed E-state index contributed by atoms with van der Waals surface area (Å²) in [7, 11) is 1.42. The van der Waals surface area contributed by atoms with Crippen LogP contribution in [0.4, 0.5) is 0 Å². The van der Waals surface area contributed by atoms with Crippen LogP contribution in [0, 0.1) is 0 Å². The van der Waals surface area contributed by atoms with Crippen molar-refractivity contribution in [3.63, 3.8) is 0 Å². The molecule has 0 aromatic rings. The molecule has 0 radical (unpaired) electrons. The zero-order chi connectivity index (χ0) is 12.0. The van der Waals surface area contributed by atoms with Gasteiger partial charge in [-0.3, -0.25) is 4.79 Å². The van der Waals surface area contributed by atoms with Gasteiger partial charge in [0.25, 0.3) is 0 Å². The summed E-state index contributed by atoms with van der Waals surface area (Å²) in [5.41, 5.74) is -1.08. The molecule has 0 saturated heterocycles. The van der Waals surface area contributed by atoms with Crippen LogP contribution in [-0.4, -0.2) is 36.2 Å². The third-order valence-electron chi connectivity index (χ3n) is 3.02. The largest absolute Gasteiger partial charge is 0.480 e. The van der Waals surface area contributed by atoms with E-state index in [0.717, 1.165) is 25.7 Å². The Kier molecular flexibility index (Phi) is 4.73. The Morgan fingerprint density at radius 2 is 1.81 bits per heavy atom. The second-order valence-electron chi connectivity index (χ2n) is 4.28. The number of aliphatic carboxylic acids is 1. The molecule has 0 spiro atoms. The number of rotatable bonds is 4. The fourth-order valence-corrected chi connectivity index (χ4v) is 2.16. The number of amides is 1. The van der Waals surface area contributed by atoms with E-state index >= 15 is 0 Å². The molecule has 1 amide bonds. The fourth-order valence-electron chi connectivity index (χ4n) is 2.16. The van der Waals surface area contributed by atoms with E-state index < -0.39 is 11.5 Å². The van der Waals surface area contributed by atoms with E-state index in [-0.39, 0.29) is 12.5 Å². The van der Waals surface area contributed by atoms with Crippen LogP contribution >= 0.6 is 0 Å². The first-order valence-electron chi connectivity index (χ1n) is 5.64. The molecule has 0 bridgehead atoms. The van der Waals surface area contributed by atoms with Gasteiger partial charge in [0.05, 0.1) is 0 Å². The molecular formula is C11H19NO4. The van der Waals surface area contributed by atoms with Gasteiger partial charge in [0.1, 0.15) is 12.1 Å². The van der Waals surface area contributed by atoms with Crippen molar-refractivity contribution in [2.24, 2.45) is 0 Å². The van der Waals surface area contributed by atoms with Gasteiger partial charge in [-0.1, -0.05) is 25.7 Å². The lowest BCUT2D eigenvalue weighted by molar-refractivity contribution is -0.149. The molecule has 92 valence electrons. The van der Waals surface area contributed by atoms with E-state index in [2.05, 4.69) is 5.32 Å². The number of hydrogen-bond donors (Lipinski definition) is 2. The fraction of sp³-hybridized carbons (Fsp3) is 0.818. The molecule has 1 saturated carbocycles. The first-order chi connectivity index (χ1) is 7.60. The molecule has 0 atom stereocenters. The highest BCUT2D eigenvalue weighted by molar-refractivity contribution is 5.87. The Labute approximate surface area is 95.2 Å². The van der Waals surface area contributed by atoms with Crippen LogP contribution in [0.5, 0.6) is 0 Å². The average Bonchev–Trinajstić information content (AvgIpc) is 2.44. The van der Waals surface area contributed by atoms with Crippen LogP contribution in [0.1, 0.15) is 38.5 Å². The zero-order valence-corrected chi connectivity index (χ0v) is 9.62. The summed E-state index contributed by atoms with van der Waals surface area (Å²) in [4.78, 5) is 22.7. The second-order valence-corrected chi connectivity index (χ2v) is 4.28. The predicted octanol–water partition coefficient (Wildman–Crippen LogP) is 0.927. The molecule has 0 aromatic carbocycles. The number of ether oxygens (including phenoxy) is 1. The maximum Gasteiger partial charge on any atom is 0.329 e. The van der Waals surface area contributed by atoms with Crippen LogP contribution in [0.2, 0.25) is 0 Å². The Hall–Kier alpha value is -1.10. The summed E-state index contributed by atoms with van der Waals surface area (Å²) in [6, 6.07) is 0. The molecule has 2 N–H and O–H groups in total. The number of methoxy groups -OCH3 is 1. The van der Waals surface area contributed by atoms with Gasteiger partial charge in [-0.2, -0.15) is 0 Å². The van der Waals surface area contributed by atoms with Crippen molar-refractivity contribution in [1.82, 2.24) is 5.32 Å². The zero-order valence-electron chi connectivity index (χ0n) is 9.62. The molecule has 5 heteroatoms. The highest BCUT2D eigenvalue weighted by Crippen LogP contribution is 2.27. The first-order valence-corrected chi connectivity index (χ1v) is 5.64. The number of hydrogen-bond acceptors (Lipinski definition) is 3. The van der Waals surface area contributed by atoms with Gasteiger partial charge in [0.2, 0.25) is 5.91 Å². The van der Waals surface area contributed by atoms with Crippen LogP contribution in [0.25, 0.3) is 0 Å². The van der Waals surface area contributed by atoms with Crippen molar-refractivity contribution in [1.29, 1.82) is 0 Å². The van der Waals surface area contributed by atoms with Gasteiger partial charge in [-0.25, -0.2) is 4.79 Å². The van der Waals surface area contributed by atoms with E-state index in [4.69, 9.17) is 4.74 Å². The molecule has 0 aromatic heterocycles. The molecule has 0 unspecified atom stereocenters. The summed E-state index contributed by atoms with van der Waals surface area (Å²) < 4.78 is 4.70. The molecule has 1 rings (SSSR count). The second kappa shape index (κ2) is 5.84. The number of carbonyl (C=O) groups excluding carboxylic acids is 1. The first kappa shape index (κ1) is 13.0. The standard InChI is InChI=1S/C11H19NO4/c1-16-8-9(13)12-11(10(14)15)6-4-2-3-5-7-11/h2-8H2,1H3,(H,12,13)(H,14,15). The van der Waals surface area contributed by atoms with Crippen molar-refractivity contribution in [2.75, 3.05) is 13.7 Å². The van der Waals surface area contributed by atoms with Crippen LogP contribution in [0.3, 0.4) is 0 Å². The maximum absolute atomic E-state index is 11.4. The summed E-state index contributed by atoms with van der Waals surface area (Å²) in [5.74, 6) is -1.29. The Morgan fingerprint density at radius 3 is 2.25 bits per heavy atom. The Morgan fingerprint density at radius 1 is 1.25 bits per heavy atom.